The van der Waals surface area contributed by atoms with Gasteiger partial charge in [0.05, 0.1) is 0 Å². The second-order valence-corrected chi connectivity index (χ2v) is 3.20. The van der Waals surface area contributed by atoms with E-state index in [9.17, 15) is 0 Å². The molecule has 0 aliphatic carbocycles. The molecular formula is C11H18O. The molecule has 0 rings (SSSR count). The summed E-state index contributed by atoms with van der Waals surface area (Å²) >= 11 is 0. The first-order chi connectivity index (χ1) is 5.57. The molecule has 0 aliphatic rings. The summed E-state index contributed by atoms with van der Waals surface area (Å²) in [6.07, 6.45) is 5.92. The van der Waals surface area contributed by atoms with Gasteiger partial charge in [-0.2, -0.15) is 0 Å². The fourth-order valence-electron chi connectivity index (χ4n) is 0.672. The minimum absolute atomic E-state index is 0.212. The summed E-state index contributed by atoms with van der Waals surface area (Å²) < 4.78 is 0. The summed E-state index contributed by atoms with van der Waals surface area (Å²) in [6.45, 7) is 9.93. The molecule has 0 fully saturated rings. The monoisotopic (exact) mass is 166 g/mol. The van der Waals surface area contributed by atoms with Gasteiger partial charge in [-0.05, 0) is 13.8 Å². The van der Waals surface area contributed by atoms with E-state index in [0.717, 1.165) is 5.57 Å². The van der Waals surface area contributed by atoms with Crippen molar-refractivity contribution >= 4 is 0 Å². The first-order valence-electron chi connectivity index (χ1n) is 4.19. The number of aliphatic hydroxyl groups is 1. The third kappa shape index (κ3) is 4.91. The molecule has 0 radical (unpaired) electrons. The van der Waals surface area contributed by atoms with Crippen LogP contribution in [0.3, 0.4) is 0 Å². The van der Waals surface area contributed by atoms with Crippen molar-refractivity contribution in [3.8, 4) is 0 Å². The lowest BCUT2D eigenvalue weighted by atomic mass is 10.0. The Labute approximate surface area is 75.1 Å². The maximum atomic E-state index is 8.83. The Morgan fingerprint density at radius 1 is 1.50 bits per heavy atom. The summed E-state index contributed by atoms with van der Waals surface area (Å²) in [5.74, 6) is 0.250. The molecule has 0 saturated carbocycles. The van der Waals surface area contributed by atoms with Gasteiger partial charge in [0.1, 0.15) is 0 Å². The van der Waals surface area contributed by atoms with E-state index in [-0.39, 0.29) is 12.5 Å². The van der Waals surface area contributed by atoms with Crippen LogP contribution in [0.15, 0.2) is 36.0 Å². The van der Waals surface area contributed by atoms with Crippen LogP contribution in [0.5, 0.6) is 0 Å². The van der Waals surface area contributed by atoms with Gasteiger partial charge in [0.25, 0.3) is 0 Å². The number of allylic oxidation sites excluding steroid dienone is 4. The molecule has 68 valence electrons. The molecule has 1 unspecified atom stereocenters. The number of rotatable bonds is 4. The lowest BCUT2D eigenvalue weighted by Crippen LogP contribution is -2.01. The van der Waals surface area contributed by atoms with Gasteiger partial charge in [-0.1, -0.05) is 42.9 Å². The summed E-state index contributed by atoms with van der Waals surface area (Å²) in [7, 11) is 0. The minimum atomic E-state index is 0.212. The molecule has 12 heavy (non-hydrogen) atoms. The van der Waals surface area contributed by atoms with Crippen LogP contribution in [0.25, 0.3) is 0 Å². The van der Waals surface area contributed by atoms with E-state index in [1.807, 2.05) is 39.0 Å². The number of hydrogen-bond donors (Lipinski definition) is 1. The lowest BCUT2D eigenvalue weighted by molar-refractivity contribution is 0.256. The topological polar surface area (TPSA) is 20.2 Å². The van der Waals surface area contributed by atoms with Gasteiger partial charge in [0.15, 0.2) is 0 Å². The van der Waals surface area contributed by atoms with Crippen molar-refractivity contribution in [1.82, 2.24) is 0 Å². The fraction of sp³-hybridized carbons (Fsp3) is 0.455. The Kier molecular flexibility index (Phi) is 5.39. The van der Waals surface area contributed by atoms with Crippen molar-refractivity contribution in [3.05, 3.63) is 36.0 Å². The van der Waals surface area contributed by atoms with E-state index in [1.54, 1.807) is 0 Å². The maximum absolute atomic E-state index is 8.83. The van der Waals surface area contributed by atoms with Crippen LogP contribution in [0, 0.1) is 5.92 Å². The Hall–Kier alpha value is -0.820. The zero-order chi connectivity index (χ0) is 9.56. The highest BCUT2D eigenvalue weighted by Crippen LogP contribution is 2.08. The highest BCUT2D eigenvalue weighted by Gasteiger charge is 1.99. The summed E-state index contributed by atoms with van der Waals surface area (Å²) in [4.78, 5) is 0. The van der Waals surface area contributed by atoms with Crippen LogP contribution in [0.4, 0.5) is 0 Å². The lowest BCUT2D eigenvalue weighted by Gasteiger charge is -2.05. The van der Waals surface area contributed by atoms with Crippen molar-refractivity contribution in [2.45, 2.75) is 20.8 Å². The van der Waals surface area contributed by atoms with Gasteiger partial charge in [-0.3, -0.25) is 0 Å². The molecular weight excluding hydrogens is 148 g/mol. The van der Waals surface area contributed by atoms with Gasteiger partial charge in [-0.25, -0.2) is 0 Å². The number of aliphatic hydroxyl groups excluding tert-OH is 1. The van der Waals surface area contributed by atoms with Crippen LogP contribution in [-0.4, -0.2) is 11.7 Å². The molecule has 0 aliphatic heterocycles. The molecule has 1 atom stereocenters. The first-order valence-corrected chi connectivity index (χ1v) is 4.19. The Bertz CT molecular complexity index is 199. The molecule has 1 heteroatoms. The van der Waals surface area contributed by atoms with E-state index in [1.165, 1.54) is 5.57 Å². The van der Waals surface area contributed by atoms with Crippen LogP contribution in [-0.2, 0) is 0 Å². The van der Waals surface area contributed by atoms with Crippen LogP contribution in [0.1, 0.15) is 20.8 Å². The highest BCUT2D eigenvalue weighted by molar-refractivity contribution is 5.20. The summed E-state index contributed by atoms with van der Waals surface area (Å²) in [5, 5.41) is 8.83. The molecule has 0 saturated heterocycles. The summed E-state index contributed by atoms with van der Waals surface area (Å²) in [6, 6.07) is 0. The molecule has 0 aromatic heterocycles. The standard InChI is InChI=1S/C11H18O/c1-9(2)6-5-7-10(3)11(4)8-12/h5-7,11-12H,1,8H2,2-4H3/b6-5+,10-7+. The summed E-state index contributed by atoms with van der Waals surface area (Å²) in [5.41, 5.74) is 2.23. The van der Waals surface area contributed by atoms with E-state index < -0.39 is 0 Å². The van der Waals surface area contributed by atoms with Crippen molar-refractivity contribution in [2.75, 3.05) is 6.61 Å². The predicted molar refractivity (Wildman–Crippen MR) is 54.0 cm³/mol. The zero-order valence-corrected chi connectivity index (χ0v) is 8.17. The van der Waals surface area contributed by atoms with Crippen molar-refractivity contribution in [1.29, 1.82) is 0 Å². The molecule has 1 N–H and O–H groups in total. The largest absolute Gasteiger partial charge is 0.396 e. The Morgan fingerprint density at radius 3 is 2.50 bits per heavy atom. The zero-order valence-electron chi connectivity index (χ0n) is 8.17. The Balaban J connectivity index is 4.08. The third-order valence-electron chi connectivity index (χ3n) is 1.79. The highest BCUT2D eigenvalue weighted by atomic mass is 16.3. The van der Waals surface area contributed by atoms with Crippen LogP contribution >= 0.6 is 0 Å². The van der Waals surface area contributed by atoms with Crippen LogP contribution < -0.4 is 0 Å². The fourth-order valence-corrected chi connectivity index (χ4v) is 0.672. The second kappa shape index (κ2) is 5.78. The van der Waals surface area contributed by atoms with Crippen molar-refractivity contribution in [2.24, 2.45) is 5.92 Å². The predicted octanol–water partition coefficient (Wildman–Crippen LogP) is 2.69. The van der Waals surface area contributed by atoms with E-state index in [0.29, 0.717) is 0 Å². The van der Waals surface area contributed by atoms with Gasteiger partial charge >= 0.3 is 0 Å². The molecule has 0 aromatic rings. The molecule has 0 bridgehead atoms. The Morgan fingerprint density at radius 2 is 2.08 bits per heavy atom. The normalized spacial score (nSPS) is 15.2. The number of hydrogen-bond acceptors (Lipinski definition) is 1. The average molecular weight is 166 g/mol. The van der Waals surface area contributed by atoms with Gasteiger partial charge in [0.2, 0.25) is 0 Å². The van der Waals surface area contributed by atoms with E-state index >= 15 is 0 Å². The molecule has 0 spiro atoms. The SMILES string of the molecule is C=C(C)/C=C/C=C(\C)C(C)CO. The second-order valence-electron chi connectivity index (χ2n) is 3.20. The van der Waals surface area contributed by atoms with Crippen LogP contribution in [0.2, 0.25) is 0 Å². The molecule has 0 aromatic carbocycles. The van der Waals surface area contributed by atoms with E-state index in [4.69, 9.17) is 5.11 Å². The van der Waals surface area contributed by atoms with Crippen molar-refractivity contribution < 1.29 is 5.11 Å². The van der Waals surface area contributed by atoms with E-state index in [2.05, 4.69) is 6.58 Å². The third-order valence-corrected chi connectivity index (χ3v) is 1.79. The molecule has 0 amide bonds. The molecule has 1 nitrogen and oxygen atoms in total. The quantitative estimate of drug-likeness (QED) is 0.637. The molecule has 0 heterocycles. The van der Waals surface area contributed by atoms with Gasteiger partial charge < -0.3 is 5.11 Å². The average Bonchev–Trinajstić information content (AvgIpc) is 2.02. The maximum Gasteiger partial charge on any atom is 0.0493 e. The van der Waals surface area contributed by atoms with Gasteiger partial charge in [-0.15, -0.1) is 0 Å². The van der Waals surface area contributed by atoms with Gasteiger partial charge in [0, 0.05) is 12.5 Å². The first kappa shape index (κ1) is 11.2. The van der Waals surface area contributed by atoms with Crippen molar-refractivity contribution in [3.63, 3.8) is 0 Å². The minimum Gasteiger partial charge on any atom is -0.396 e. The smallest absolute Gasteiger partial charge is 0.0493 e.